The van der Waals surface area contributed by atoms with Crippen molar-refractivity contribution >= 4 is 32.7 Å². The van der Waals surface area contributed by atoms with Crippen molar-refractivity contribution in [2.45, 2.75) is 0 Å². The summed E-state index contributed by atoms with van der Waals surface area (Å²) in [6, 6.07) is 0. The average Bonchev–Trinajstić information content (AvgIpc) is 0.918. The summed E-state index contributed by atoms with van der Waals surface area (Å²) in [6.07, 6.45) is 0. The van der Waals surface area contributed by atoms with Gasteiger partial charge in [0.05, 0.1) is 0 Å². The molecule has 0 amide bonds. The molecule has 0 aliphatic heterocycles. The standard InChI is InChI=1S/HI.HO2P/c;1-3-2/h1H;3H/p+1. The summed E-state index contributed by atoms with van der Waals surface area (Å²) in [5, 5.41) is 0. The number of hydrogen-bond acceptors (Lipinski definition) is 1. The molecular formula is H3IO2P+. The Balaban J connectivity index is 0. The van der Waals surface area contributed by atoms with E-state index in [1.165, 1.54) is 0 Å². The molecule has 4 heavy (non-hydrogen) atoms. The lowest BCUT2D eigenvalue weighted by atomic mass is 15.9. The largest absolute Gasteiger partial charge is 0.491 e. The minimum atomic E-state index is -1.17. The van der Waals surface area contributed by atoms with E-state index in [1.54, 1.807) is 0 Å². The van der Waals surface area contributed by atoms with Crippen molar-refractivity contribution in [2.75, 3.05) is 0 Å². The van der Waals surface area contributed by atoms with E-state index in [4.69, 9.17) is 9.46 Å². The molecule has 0 spiro atoms. The monoisotopic (exact) mass is 193 g/mol. The van der Waals surface area contributed by atoms with Gasteiger partial charge in [0.2, 0.25) is 0 Å². The van der Waals surface area contributed by atoms with E-state index < -0.39 is 8.69 Å². The Hall–Kier alpha value is 0.790. The molecular weight excluding hydrogens is 190 g/mol. The van der Waals surface area contributed by atoms with Crippen LogP contribution >= 0.6 is 32.7 Å². The maximum absolute atomic E-state index is 8.51. The molecule has 0 aliphatic carbocycles. The van der Waals surface area contributed by atoms with E-state index in [-0.39, 0.29) is 24.0 Å². The summed E-state index contributed by atoms with van der Waals surface area (Å²) in [6.45, 7) is 0. The van der Waals surface area contributed by atoms with Gasteiger partial charge in [-0.05, 0) is 4.57 Å². The Labute approximate surface area is 42.5 Å². The lowest BCUT2D eigenvalue weighted by molar-refractivity contribution is 0.524. The molecule has 2 nitrogen and oxygen atoms in total. The average molecular weight is 193 g/mol. The second-order valence-corrected chi connectivity index (χ2v) is 0.274. The summed E-state index contributed by atoms with van der Waals surface area (Å²) < 4.78 is 8.51. The van der Waals surface area contributed by atoms with E-state index in [9.17, 15) is 0 Å². The third-order valence-electron chi connectivity index (χ3n) is 0. The molecule has 0 aromatic carbocycles. The van der Waals surface area contributed by atoms with Crippen LogP contribution in [-0.4, -0.2) is 4.89 Å². The zero-order valence-corrected chi connectivity index (χ0v) is 5.09. The van der Waals surface area contributed by atoms with E-state index in [0.29, 0.717) is 0 Å². The highest BCUT2D eigenvalue weighted by Gasteiger charge is 1.45. The molecule has 0 bridgehead atoms. The Kier molecular flexibility index (Phi) is 20.3. The van der Waals surface area contributed by atoms with Gasteiger partial charge in [-0.3, -0.25) is 0 Å². The smallest absolute Gasteiger partial charge is 0.162 e. The molecule has 1 atom stereocenters. The zero-order valence-electron chi connectivity index (χ0n) is 1.76. The highest BCUT2D eigenvalue weighted by atomic mass is 127. The molecule has 0 saturated heterocycles. The van der Waals surface area contributed by atoms with Crippen molar-refractivity contribution < 1.29 is 9.46 Å². The summed E-state index contributed by atoms with van der Waals surface area (Å²) in [5.74, 6) is 0. The maximum atomic E-state index is 8.51. The molecule has 0 aromatic rings. The van der Waals surface area contributed by atoms with Gasteiger partial charge < -0.3 is 0 Å². The van der Waals surface area contributed by atoms with Crippen molar-refractivity contribution in [3.05, 3.63) is 0 Å². The summed E-state index contributed by atoms with van der Waals surface area (Å²) in [7, 11) is -1.17. The first kappa shape index (κ1) is 8.84. The second kappa shape index (κ2) is 9.21. The van der Waals surface area contributed by atoms with Gasteiger partial charge in [0, 0.05) is 0 Å². The first-order valence-electron chi connectivity index (χ1n) is 0.428. The Morgan fingerprint density at radius 1 is 1.75 bits per heavy atom. The number of halogens is 1. The normalized spacial score (nSPS) is 5.25. The van der Waals surface area contributed by atoms with Crippen molar-refractivity contribution in [2.24, 2.45) is 0 Å². The third kappa shape index (κ3) is 14.3. The van der Waals surface area contributed by atoms with Gasteiger partial charge in [0.1, 0.15) is 0 Å². The van der Waals surface area contributed by atoms with Gasteiger partial charge in [0.15, 0.2) is 0 Å². The lowest BCUT2D eigenvalue weighted by Gasteiger charge is -1.08. The highest BCUT2D eigenvalue weighted by Crippen LogP contribution is 1.66. The fraction of sp³-hybridized carbons (Fsp3) is 0. The predicted molar refractivity (Wildman–Crippen MR) is 26.6 cm³/mol. The van der Waals surface area contributed by atoms with Crippen LogP contribution in [0.15, 0.2) is 0 Å². The minimum Gasteiger partial charge on any atom is -0.162 e. The molecule has 26 valence electrons. The van der Waals surface area contributed by atoms with Gasteiger partial charge in [-0.25, -0.2) is 0 Å². The van der Waals surface area contributed by atoms with Crippen molar-refractivity contribution in [3.8, 4) is 0 Å². The number of rotatable bonds is 0. The molecule has 0 saturated carbocycles. The molecule has 1 N–H and O–H groups in total. The maximum Gasteiger partial charge on any atom is 0.491 e. The van der Waals surface area contributed by atoms with Crippen molar-refractivity contribution in [1.82, 2.24) is 0 Å². The first-order chi connectivity index (χ1) is 1.41. The summed E-state index contributed by atoms with van der Waals surface area (Å²) >= 11 is 0. The minimum absolute atomic E-state index is 0. The van der Waals surface area contributed by atoms with Crippen LogP contribution < -0.4 is 0 Å². The molecule has 4 heteroatoms. The van der Waals surface area contributed by atoms with Crippen LogP contribution in [0.25, 0.3) is 0 Å². The Bertz CT molecular complexity index is 13.5. The van der Waals surface area contributed by atoms with Crippen molar-refractivity contribution in [1.29, 1.82) is 0 Å². The van der Waals surface area contributed by atoms with E-state index in [2.05, 4.69) is 0 Å². The number of hydrogen-bond donors (Lipinski definition) is 1. The Morgan fingerprint density at radius 3 is 1.75 bits per heavy atom. The van der Waals surface area contributed by atoms with Crippen LogP contribution in [0.4, 0.5) is 0 Å². The molecule has 0 rings (SSSR count). The predicted octanol–water partition coefficient (Wildman–Crippen LogP) is 0.536. The van der Waals surface area contributed by atoms with E-state index in [0.717, 1.165) is 0 Å². The topological polar surface area (TPSA) is 37.3 Å². The van der Waals surface area contributed by atoms with Gasteiger partial charge >= 0.3 is 8.69 Å². The molecule has 1 unspecified atom stereocenters. The molecule has 0 heterocycles. The fourth-order valence-corrected chi connectivity index (χ4v) is 0. The second-order valence-electron chi connectivity index (χ2n) is 0.0913. The summed E-state index contributed by atoms with van der Waals surface area (Å²) in [5.41, 5.74) is 0. The van der Waals surface area contributed by atoms with Gasteiger partial charge in [-0.15, -0.1) is 24.0 Å². The zero-order chi connectivity index (χ0) is 2.71. The first-order valence-corrected chi connectivity index (χ1v) is 1.28. The van der Waals surface area contributed by atoms with Crippen LogP contribution in [0.2, 0.25) is 0 Å². The quantitative estimate of drug-likeness (QED) is 0.450. The molecule has 0 fully saturated rings. The Morgan fingerprint density at radius 2 is 1.75 bits per heavy atom. The van der Waals surface area contributed by atoms with Gasteiger partial charge in [-0.2, -0.15) is 4.89 Å². The van der Waals surface area contributed by atoms with Crippen LogP contribution in [0.1, 0.15) is 0 Å². The molecule has 0 aliphatic rings. The molecule has 0 radical (unpaired) electrons. The third-order valence-corrected chi connectivity index (χ3v) is 0. The van der Waals surface area contributed by atoms with Crippen LogP contribution in [-0.2, 0) is 4.57 Å². The van der Waals surface area contributed by atoms with Gasteiger partial charge in [0.25, 0.3) is 0 Å². The molecule has 0 aromatic heterocycles. The van der Waals surface area contributed by atoms with Gasteiger partial charge in [-0.1, -0.05) is 0 Å². The van der Waals surface area contributed by atoms with E-state index >= 15 is 0 Å². The fourth-order valence-electron chi connectivity index (χ4n) is 0. The van der Waals surface area contributed by atoms with E-state index in [1.807, 2.05) is 0 Å². The SMILES string of the molecule is I.O=[PH+]O. The van der Waals surface area contributed by atoms with Crippen molar-refractivity contribution in [3.63, 3.8) is 0 Å². The van der Waals surface area contributed by atoms with Crippen LogP contribution in [0.3, 0.4) is 0 Å². The van der Waals surface area contributed by atoms with Crippen LogP contribution in [0.5, 0.6) is 0 Å². The highest BCUT2D eigenvalue weighted by molar-refractivity contribution is 14.0. The van der Waals surface area contributed by atoms with Crippen LogP contribution in [0, 0.1) is 0 Å². The lowest BCUT2D eigenvalue weighted by Crippen LogP contribution is -1.03. The summed E-state index contributed by atoms with van der Waals surface area (Å²) in [4.78, 5) is 7.04.